The number of nitrogens with zero attached hydrogens (tertiary/aromatic N) is 3. The third-order valence-corrected chi connectivity index (χ3v) is 6.27. The number of likely N-dealkylation sites (tertiary alicyclic amines) is 1. The van der Waals surface area contributed by atoms with Crippen molar-refractivity contribution in [3.63, 3.8) is 0 Å². The first-order valence-electron chi connectivity index (χ1n) is 10.0. The molecule has 1 amide bonds. The first kappa shape index (κ1) is 22.7. The second-order valence-electron chi connectivity index (χ2n) is 8.31. The number of amides is 1. The summed E-state index contributed by atoms with van der Waals surface area (Å²) in [5.74, 6) is 1.31. The minimum absolute atomic E-state index is 0.0333. The Balaban J connectivity index is 1.81. The largest absolute Gasteiger partial charge is 0.444 e. The zero-order chi connectivity index (χ0) is 20.8. The van der Waals surface area contributed by atoms with Crippen LogP contribution in [0.15, 0.2) is 4.99 Å². The third-order valence-electron chi connectivity index (χ3n) is 4.66. The van der Waals surface area contributed by atoms with E-state index in [0.717, 1.165) is 32.0 Å². The number of guanidine groups is 1. The lowest BCUT2D eigenvalue weighted by molar-refractivity contribution is 0.0507. The Kier molecular flexibility index (Phi) is 7.94. The van der Waals surface area contributed by atoms with Gasteiger partial charge in [0.1, 0.15) is 5.60 Å². The summed E-state index contributed by atoms with van der Waals surface area (Å²) in [6.07, 6.45) is 0.453. The van der Waals surface area contributed by atoms with Crippen LogP contribution in [0.25, 0.3) is 0 Å². The van der Waals surface area contributed by atoms with Gasteiger partial charge in [0.2, 0.25) is 0 Å². The molecule has 9 nitrogen and oxygen atoms in total. The van der Waals surface area contributed by atoms with E-state index in [1.54, 1.807) is 0 Å². The van der Waals surface area contributed by atoms with E-state index in [1.807, 2.05) is 27.7 Å². The van der Waals surface area contributed by atoms with Crippen LogP contribution in [0.3, 0.4) is 0 Å². The average molecular weight is 418 g/mol. The van der Waals surface area contributed by atoms with Crippen molar-refractivity contribution in [3.8, 4) is 0 Å². The van der Waals surface area contributed by atoms with E-state index >= 15 is 0 Å². The highest BCUT2D eigenvalue weighted by Crippen LogP contribution is 2.12. The van der Waals surface area contributed by atoms with E-state index in [-0.39, 0.29) is 23.6 Å². The van der Waals surface area contributed by atoms with Crippen molar-refractivity contribution >= 4 is 21.9 Å². The lowest BCUT2D eigenvalue weighted by Crippen LogP contribution is -2.45. The molecule has 2 N–H and O–H groups in total. The van der Waals surface area contributed by atoms with Crippen LogP contribution < -0.4 is 10.6 Å². The molecule has 2 fully saturated rings. The molecule has 162 valence electrons. The SMILES string of the molecule is CCNC(=NCCN1CCS(=O)(=O)CC1)N1CCC(NC(=O)OC(C)(C)C)C1. The van der Waals surface area contributed by atoms with Gasteiger partial charge in [-0.05, 0) is 34.1 Å². The summed E-state index contributed by atoms with van der Waals surface area (Å²) in [5.41, 5.74) is -0.507. The fourth-order valence-electron chi connectivity index (χ4n) is 3.24. The van der Waals surface area contributed by atoms with Gasteiger partial charge in [-0.1, -0.05) is 0 Å². The summed E-state index contributed by atoms with van der Waals surface area (Å²) in [6.45, 7) is 12.4. The molecule has 0 spiro atoms. The van der Waals surface area contributed by atoms with Crippen molar-refractivity contribution in [1.29, 1.82) is 0 Å². The van der Waals surface area contributed by atoms with Gasteiger partial charge in [-0.25, -0.2) is 13.2 Å². The molecule has 0 aromatic carbocycles. The lowest BCUT2D eigenvalue weighted by Gasteiger charge is -2.26. The molecule has 2 aliphatic heterocycles. The molecule has 0 saturated carbocycles. The van der Waals surface area contributed by atoms with Gasteiger partial charge in [0.15, 0.2) is 15.8 Å². The highest BCUT2D eigenvalue weighted by atomic mass is 32.2. The van der Waals surface area contributed by atoms with Crippen molar-refractivity contribution in [3.05, 3.63) is 0 Å². The summed E-state index contributed by atoms with van der Waals surface area (Å²) in [6, 6.07) is 0.0333. The van der Waals surface area contributed by atoms with Crippen molar-refractivity contribution in [1.82, 2.24) is 20.4 Å². The monoisotopic (exact) mass is 417 g/mol. The van der Waals surface area contributed by atoms with Crippen molar-refractivity contribution < 1.29 is 17.9 Å². The fraction of sp³-hybridized carbons (Fsp3) is 0.889. The van der Waals surface area contributed by atoms with Crippen LogP contribution >= 0.6 is 0 Å². The molecule has 10 heteroatoms. The number of carbonyl (C=O) groups excluding carboxylic acids is 1. The molecular weight excluding hydrogens is 382 g/mol. The minimum atomic E-state index is -2.85. The normalized spacial score (nSPS) is 23.5. The Hall–Kier alpha value is -1.55. The van der Waals surface area contributed by atoms with Crippen LogP contribution in [0.5, 0.6) is 0 Å². The lowest BCUT2D eigenvalue weighted by atomic mass is 10.2. The van der Waals surface area contributed by atoms with Crippen molar-refractivity contribution in [2.45, 2.75) is 45.8 Å². The summed E-state index contributed by atoms with van der Waals surface area (Å²) in [7, 11) is -2.85. The molecule has 0 bridgehead atoms. The molecule has 0 radical (unpaired) electrons. The summed E-state index contributed by atoms with van der Waals surface area (Å²) in [5, 5.41) is 6.23. The van der Waals surface area contributed by atoms with Gasteiger partial charge in [-0.2, -0.15) is 0 Å². The van der Waals surface area contributed by atoms with Crippen molar-refractivity contribution in [2.75, 3.05) is 57.3 Å². The van der Waals surface area contributed by atoms with Gasteiger partial charge in [-0.3, -0.25) is 9.89 Å². The molecule has 2 saturated heterocycles. The number of ether oxygens (including phenoxy) is 1. The number of aliphatic imine (C=N–C) groups is 1. The number of carbonyl (C=O) groups is 1. The topological polar surface area (TPSA) is 103 Å². The molecule has 0 aromatic heterocycles. The van der Waals surface area contributed by atoms with Gasteiger partial charge in [-0.15, -0.1) is 0 Å². The summed E-state index contributed by atoms with van der Waals surface area (Å²) < 4.78 is 28.3. The fourth-order valence-corrected chi connectivity index (χ4v) is 4.52. The Labute approximate surface area is 168 Å². The molecule has 1 unspecified atom stereocenters. The number of hydrogen-bond acceptors (Lipinski definition) is 6. The van der Waals surface area contributed by atoms with E-state index in [4.69, 9.17) is 9.73 Å². The maximum Gasteiger partial charge on any atom is 0.407 e. The molecule has 0 aliphatic carbocycles. The van der Waals surface area contributed by atoms with Crippen LogP contribution in [0.4, 0.5) is 4.79 Å². The van der Waals surface area contributed by atoms with Gasteiger partial charge in [0, 0.05) is 39.3 Å². The van der Waals surface area contributed by atoms with Gasteiger partial charge in [0.05, 0.1) is 24.1 Å². The maximum atomic E-state index is 12.0. The number of rotatable bonds is 5. The Morgan fingerprint density at radius 1 is 1.21 bits per heavy atom. The number of nitrogens with one attached hydrogen (secondary N) is 2. The smallest absolute Gasteiger partial charge is 0.407 e. The predicted octanol–water partition coefficient (Wildman–Crippen LogP) is 0.281. The third kappa shape index (κ3) is 7.83. The minimum Gasteiger partial charge on any atom is -0.444 e. The van der Waals surface area contributed by atoms with Crippen LogP contribution in [0.1, 0.15) is 34.1 Å². The van der Waals surface area contributed by atoms with Gasteiger partial charge >= 0.3 is 6.09 Å². The molecule has 2 heterocycles. The summed E-state index contributed by atoms with van der Waals surface area (Å²) >= 11 is 0. The van der Waals surface area contributed by atoms with Crippen molar-refractivity contribution in [2.24, 2.45) is 4.99 Å². The highest BCUT2D eigenvalue weighted by Gasteiger charge is 2.28. The zero-order valence-corrected chi connectivity index (χ0v) is 18.3. The highest BCUT2D eigenvalue weighted by molar-refractivity contribution is 7.91. The second-order valence-corrected chi connectivity index (χ2v) is 10.6. The van der Waals surface area contributed by atoms with Gasteiger partial charge < -0.3 is 20.3 Å². The maximum absolute atomic E-state index is 12.0. The molecular formula is C18H35N5O4S. The standard InChI is InChI=1S/C18H35N5O4S/c1-5-19-16(20-7-9-22-10-12-28(25,26)13-11-22)23-8-6-15(14-23)21-17(24)27-18(2,3)4/h15H,5-14H2,1-4H3,(H,19,20)(H,21,24). The van der Waals surface area contributed by atoms with Crippen LogP contribution in [0.2, 0.25) is 0 Å². The van der Waals surface area contributed by atoms with E-state index in [1.165, 1.54) is 0 Å². The Bertz CT molecular complexity index is 645. The second kappa shape index (κ2) is 9.78. The predicted molar refractivity (Wildman–Crippen MR) is 110 cm³/mol. The van der Waals surface area contributed by atoms with E-state index in [0.29, 0.717) is 26.2 Å². The number of hydrogen-bond donors (Lipinski definition) is 2. The molecule has 2 rings (SSSR count). The molecule has 28 heavy (non-hydrogen) atoms. The average Bonchev–Trinajstić information content (AvgIpc) is 3.02. The summed E-state index contributed by atoms with van der Waals surface area (Å²) in [4.78, 5) is 20.9. The van der Waals surface area contributed by atoms with Gasteiger partial charge in [0.25, 0.3) is 0 Å². The number of alkyl carbamates (subject to hydrolysis) is 1. The molecule has 1 atom stereocenters. The Morgan fingerprint density at radius 2 is 1.89 bits per heavy atom. The number of sulfone groups is 1. The van der Waals surface area contributed by atoms with Crippen LogP contribution in [0, 0.1) is 0 Å². The van der Waals surface area contributed by atoms with E-state index in [2.05, 4.69) is 20.4 Å². The van der Waals surface area contributed by atoms with E-state index < -0.39 is 15.4 Å². The van der Waals surface area contributed by atoms with E-state index in [9.17, 15) is 13.2 Å². The molecule has 2 aliphatic rings. The molecule has 0 aromatic rings. The van der Waals surface area contributed by atoms with Crippen LogP contribution in [-0.2, 0) is 14.6 Å². The zero-order valence-electron chi connectivity index (χ0n) is 17.5. The Morgan fingerprint density at radius 3 is 2.50 bits per heavy atom. The first-order valence-corrected chi connectivity index (χ1v) is 11.9. The van der Waals surface area contributed by atoms with Crippen LogP contribution in [-0.4, -0.2) is 99.2 Å². The quantitative estimate of drug-likeness (QED) is 0.489. The first-order chi connectivity index (χ1) is 13.1.